The van der Waals surface area contributed by atoms with Crippen LogP contribution in [0.5, 0.6) is 5.75 Å². The molecule has 6 nitrogen and oxygen atoms in total. The molecule has 0 saturated carbocycles. The Balaban J connectivity index is 1.54. The number of nitrogens with zero attached hydrogens (tertiary/aromatic N) is 4. The van der Waals surface area contributed by atoms with Crippen molar-refractivity contribution in [3.8, 4) is 16.9 Å². The molecule has 0 radical (unpaired) electrons. The summed E-state index contributed by atoms with van der Waals surface area (Å²) in [6.45, 7) is 2.60. The Morgan fingerprint density at radius 3 is 2.81 bits per heavy atom. The predicted octanol–water partition coefficient (Wildman–Crippen LogP) is 4.40. The van der Waals surface area contributed by atoms with Gasteiger partial charge in [0.05, 0.1) is 23.2 Å². The summed E-state index contributed by atoms with van der Waals surface area (Å²) < 4.78 is 7.26. The van der Waals surface area contributed by atoms with Crippen molar-refractivity contribution in [2.45, 2.75) is 12.3 Å². The van der Waals surface area contributed by atoms with E-state index in [0.717, 1.165) is 52.6 Å². The Hall–Kier alpha value is -2.90. The Kier molecular flexibility index (Phi) is 5.38. The van der Waals surface area contributed by atoms with Crippen molar-refractivity contribution >= 4 is 27.2 Å². The standard InChI is InChI=1S/C24H27N5OS/c1-28(2)8-9-29(3)20-11-17(19-13-25-26-14-19)12-22-23(20)27-24(31-22)18-10-16-6-4-5-7-21(16)30-15-18/h4-7,11-14,18H,8-10,15H2,1-3H3,(H,25,26). The molecule has 1 atom stereocenters. The van der Waals surface area contributed by atoms with Crippen LogP contribution >= 0.6 is 11.3 Å². The first-order valence-corrected chi connectivity index (χ1v) is 11.4. The molecule has 1 aliphatic heterocycles. The molecule has 3 heterocycles. The largest absolute Gasteiger partial charge is 0.493 e. The third kappa shape index (κ3) is 4.03. The van der Waals surface area contributed by atoms with Crippen LogP contribution in [0.3, 0.4) is 0 Å². The van der Waals surface area contributed by atoms with E-state index in [2.05, 4.69) is 71.5 Å². The van der Waals surface area contributed by atoms with Crippen LogP contribution in [0.4, 0.5) is 5.69 Å². The van der Waals surface area contributed by atoms with Gasteiger partial charge in [-0.25, -0.2) is 4.98 Å². The van der Waals surface area contributed by atoms with Gasteiger partial charge >= 0.3 is 0 Å². The summed E-state index contributed by atoms with van der Waals surface area (Å²) in [5.41, 5.74) is 5.75. The number of hydrogen-bond acceptors (Lipinski definition) is 6. The summed E-state index contributed by atoms with van der Waals surface area (Å²) in [5.74, 6) is 1.29. The van der Waals surface area contributed by atoms with E-state index < -0.39 is 0 Å². The molecule has 1 N–H and O–H groups in total. The maximum Gasteiger partial charge on any atom is 0.122 e. The van der Waals surface area contributed by atoms with E-state index >= 15 is 0 Å². The number of aromatic amines is 1. The molecule has 0 bridgehead atoms. The van der Waals surface area contributed by atoms with E-state index in [1.165, 1.54) is 10.3 Å². The SMILES string of the molecule is CN(C)CCN(C)c1cc(-c2cn[nH]c2)cc2sc(C3COc4ccccc4C3)nc12. The van der Waals surface area contributed by atoms with Crippen LogP contribution in [0.25, 0.3) is 21.3 Å². The third-order valence-electron chi connectivity index (χ3n) is 5.84. The van der Waals surface area contributed by atoms with Crippen LogP contribution in [0, 0.1) is 0 Å². The number of likely N-dealkylation sites (N-methyl/N-ethyl adjacent to an activating group) is 2. The molecule has 0 fully saturated rings. The average Bonchev–Trinajstić information content (AvgIpc) is 3.46. The zero-order valence-electron chi connectivity index (χ0n) is 18.1. The van der Waals surface area contributed by atoms with Gasteiger partial charge < -0.3 is 14.5 Å². The zero-order chi connectivity index (χ0) is 21.4. The Labute approximate surface area is 186 Å². The summed E-state index contributed by atoms with van der Waals surface area (Å²) in [4.78, 5) is 9.65. The summed E-state index contributed by atoms with van der Waals surface area (Å²) in [6.07, 6.45) is 4.79. The molecule has 160 valence electrons. The second-order valence-corrected chi connectivity index (χ2v) is 9.49. The highest BCUT2D eigenvalue weighted by Gasteiger charge is 2.25. The lowest BCUT2D eigenvalue weighted by Crippen LogP contribution is -2.28. The van der Waals surface area contributed by atoms with Gasteiger partial charge in [-0.3, -0.25) is 5.10 Å². The molecule has 0 saturated heterocycles. The first kappa shape index (κ1) is 20.0. The fraction of sp³-hybridized carbons (Fsp3) is 0.333. The van der Waals surface area contributed by atoms with Gasteiger partial charge in [0.15, 0.2) is 0 Å². The molecule has 2 aromatic heterocycles. The first-order valence-electron chi connectivity index (χ1n) is 10.6. The van der Waals surface area contributed by atoms with Crippen molar-refractivity contribution in [2.24, 2.45) is 0 Å². The number of anilines is 1. The van der Waals surface area contributed by atoms with Crippen LogP contribution in [-0.2, 0) is 6.42 Å². The molecule has 0 spiro atoms. The summed E-state index contributed by atoms with van der Waals surface area (Å²) in [5, 5.41) is 8.22. The summed E-state index contributed by atoms with van der Waals surface area (Å²) >= 11 is 1.79. The number of benzene rings is 2. The molecule has 2 aromatic carbocycles. The van der Waals surface area contributed by atoms with Gasteiger partial charge in [-0.15, -0.1) is 11.3 Å². The molecule has 4 aromatic rings. The van der Waals surface area contributed by atoms with Crippen LogP contribution in [0.2, 0.25) is 0 Å². The van der Waals surface area contributed by atoms with E-state index in [4.69, 9.17) is 9.72 Å². The number of aromatic nitrogens is 3. The van der Waals surface area contributed by atoms with Gasteiger partial charge in [-0.1, -0.05) is 18.2 Å². The zero-order valence-corrected chi connectivity index (χ0v) is 18.9. The topological polar surface area (TPSA) is 57.3 Å². The average molecular weight is 434 g/mol. The highest BCUT2D eigenvalue weighted by molar-refractivity contribution is 7.18. The number of para-hydroxylation sites is 1. The van der Waals surface area contributed by atoms with Crippen LogP contribution in [0.1, 0.15) is 16.5 Å². The number of H-pyrrole nitrogens is 1. The predicted molar refractivity (Wildman–Crippen MR) is 127 cm³/mol. The van der Waals surface area contributed by atoms with E-state index in [1.54, 1.807) is 11.3 Å². The molecule has 1 aliphatic rings. The van der Waals surface area contributed by atoms with E-state index in [1.807, 2.05) is 18.5 Å². The number of ether oxygens (including phenoxy) is 1. The number of thiazole rings is 1. The number of nitrogens with one attached hydrogen (secondary N) is 1. The second kappa shape index (κ2) is 8.32. The van der Waals surface area contributed by atoms with Crippen molar-refractivity contribution in [3.63, 3.8) is 0 Å². The quantitative estimate of drug-likeness (QED) is 0.488. The van der Waals surface area contributed by atoms with Crippen molar-refractivity contribution in [1.82, 2.24) is 20.1 Å². The lowest BCUT2D eigenvalue weighted by Gasteiger charge is -2.24. The fourth-order valence-electron chi connectivity index (χ4n) is 4.03. The van der Waals surface area contributed by atoms with Gasteiger partial charge in [-0.05, 0) is 49.8 Å². The second-order valence-electron chi connectivity index (χ2n) is 8.43. The lowest BCUT2D eigenvalue weighted by molar-refractivity contribution is 0.262. The monoisotopic (exact) mass is 433 g/mol. The van der Waals surface area contributed by atoms with Crippen LogP contribution in [0.15, 0.2) is 48.8 Å². The van der Waals surface area contributed by atoms with Gasteiger partial charge in [0.2, 0.25) is 0 Å². The Morgan fingerprint density at radius 2 is 2.00 bits per heavy atom. The van der Waals surface area contributed by atoms with Gasteiger partial charge in [0.1, 0.15) is 16.3 Å². The minimum Gasteiger partial charge on any atom is -0.493 e. The first-order chi connectivity index (χ1) is 15.1. The fourth-order valence-corrected chi connectivity index (χ4v) is 5.14. The smallest absolute Gasteiger partial charge is 0.122 e. The Morgan fingerprint density at radius 1 is 1.13 bits per heavy atom. The maximum atomic E-state index is 6.05. The van der Waals surface area contributed by atoms with E-state index in [-0.39, 0.29) is 5.92 Å². The van der Waals surface area contributed by atoms with Gasteiger partial charge in [-0.2, -0.15) is 5.10 Å². The molecule has 5 rings (SSSR count). The summed E-state index contributed by atoms with van der Waals surface area (Å²) in [7, 11) is 6.36. The molecule has 0 amide bonds. The van der Waals surface area contributed by atoms with Gasteiger partial charge in [0.25, 0.3) is 0 Å². The van der Waals surface area contributed by atoms with Crippen molar-refractivity contribution in [3.05, 3.63) is 59.4 Å². The van der Waals surface area contributed by atoms with Gasteiger partial charge in [0, 0.05) is 37.8 Å². The van der Waals surface area contributed by atoms with E-state index in [9.17, 15) is 0 Å². The minimum absolute atomic E-state index is 0.282. The van der Waals surface area contributed by atoms with Crippen LogP contribution < -0.4 is 9.64 Å². The number of fused-ring (bicyclic) bond motifs is 2. The molecule has 7 heteroatoms. The summed E-state index contributed by atoms with van der Waals surface area (Å²) in [6, 6.07) is 12.8. The maximum absolute atomic E-state index is 6.05. The highest BCUT2D eigenvalue weighted by atomic mass is 32.1. The normalized spacial score (nSPS) is 15.8. The minimum atomic E-state index is 0.282. The van der Waals surface area contributed by atoms with Crippen molar-refractivity contribution < 1.29 is 4.74 Å². The molecular formula is C24H27N5OS. The lowest BCUT2D eigenvalue weighted by atomic mass is 9.97. The third-order valence-corrected chi connectivity index (χ3v) is 7.01. The molecule has 0 aliphatic carbocycles. The molecular weight excluding hydrogens is 406 g/mol. The molecule has 31 heavy (non-hydrogen) atoms. The highest BCUT2D eigenvalue weighted by Crippen LogP contribution is 2.40. The van der Waals surface area contributed by atoms with Crippen LogP contribution in [-0.4, -0.2) is 60.9 Å². The van der Waals surface area contributed by atoms with Crippen molar-refractivity contribution in [2.75, 3.05) is 45.7 Å². The number of rotatable bonds is 6. The Bertz CT molecular complexity index is 1180. The van der Waals surface area contributed by atoms with Crippen molar-refractivity contribution in [1.29, 1.82) is 0 Å². The molecule has 1 unspecified atom stereocenters. The number of hydrogen-bond donors (Lipinski definition) is 1. The van der Waals surface area contributed by atoms with E-state index in [0.29, 0.717) is 6.61 Å².